The number of nitrogens with one attached hydrogen (secondary N) is 1. The zero-order chi connectivity index (χ0) is 12.8. The van der Waals surface area contributed by atoms with E-state index in [1.165, 1.54) is 0 Å². The van der Waals surface area contributed by atoms with Crippen LogP contribution in [-0.2, 0) is 0 Å². The fourth-order valence-corrected chi connectivity index (χ4v) is 1.84. The van der Waals surface area contributed by atoms with Crippen LogP contribution >= 0.6 is 11.6 Å². The summed E-state index contributed by atoms with van der Waals surface area (Å²) < 4.78 is 0. The van der Waals surface area contributed by atoms with Gasteiger partial charge in [-0.15, -0.1) is 0 Å². The Bertz CT molecular complexity index is 412. The molecule has 0 saturated carbocycles. The third-order valence-electron chi connectivity index (χ3n) is 2.69. The molecule has 0 aliphatic heterocycles. The number of anilines is 1. The maximum Gasteiger partial charge on any atom is 0.101 e. The Kier molecular flexibility index (Phi) is 5.27. The maximum absolute atomic E-state index is 8.99. The lowest BCUT2D eigenvalue weighted by molar-refractivity contribution is 0.267. The van der Waals surface area contributed by atoms with Gasteiger partial charge in [-0.05, 0) is 30.5 Å². The van der Waals surface area contributed by atoms with Crippen molar-refractivity contribution in [2.75, 3.05) is 11.9 Å². The molecule has 0 aliphatic rings. The molecule has 1 rings (SSSR count). The van der Waals surface area contributed by atoms with Gasteiger partial charge in [0.15, 0.2) is 0 Å². The summed E-state index contributed by atoms with van der Waals surface area (Å²) in [5.41, 5.74) is 1.35. The van der Waals surface area contributed by atoms with Crippen molar-refractivity contribution in [3.63, 3.8) is 0 Å². The number of aliphatic hydroxyl groups is 1. The smallest absolute Gasteiger partial charge is 0.101 e. The van der Waals surface area contributed by atoms with Gasteiger partial charge < -0.3 is 10.4 Å². The highest BCUT2D eigenvalue weighted by Gasteiger charge is 2.12. The predicted octanol–water partition coefficient (Wildman–Crippen LogP) is 3.03. The van der Waals surface area contributed by atoms with Gasteiger partial charge in [-0.1, -0.05) is 25.4 Å². The van der Waals surface area contributed by atoms with Crippen molar-refractivity contribution in [3.8, 4) is 6.07 Å². The molecular weight excluding hydrogens is 236 g/mol. The highest BCUT2D eigenvalue weighted by Crippen LogP contribution is 2.22. The molecule has 0 bridgehead atoms. The molecule has 4 heteroatoms. The number of nitrogens with zero attached hydrogens (tertiary/aromatic N) is 1. The van der Waals surface area contributed by atoms with Crippen LogP contribution in [0.4, 0.5) is 5.69 Å². The summed E-state index contributed by atoms with van der Waals surface area (Å²) in [6, 6.07) is 7.49. The van der Waals surface area contributed by atoms with Crippen LogP contribution in [0.1, 0.15) is 25.8 Å². The SMILES string of the molecule is CC(C)C(CCO)Nc1ccc(C#N)c(Cl)c1. The summed E-state index contributed by atoms with van der Waals surface area (Å²) in [5, 5.41) is 21.5. The second-order valence-corrected chi connectivity index (χ2v) is 4.72. The largest absolute Gasteiger partial charge is 0.396 e. The Morgan fingerprint density at radius 2 is 2.18 bits per heavy atom. The number of benzene rings is 1. The Morgan fingerprint density at radius 3 is 2.65 bits per heavy atom. The third-order valence-corrected chi connectivity index (χ3v) is 3.00. The van der Waals surface area contributed by atoms with Gasteiger partial charge in [-0.25, -0.2) is 0 Å². The van der Waals surface area contributed by atoms with Gasteiger partial charge in [0, 0.05) is 18.3 Å². The van der Waals surface area contributed by atoms with Crippen LogP contribution in [0.2, 0.25) is 5.02 Å². The Morgan fingerprint density at radius 1 is 1.47 bits per heavy atom. The fourth-order valence-electron chi connectivity index (χ4n) is 1.62. The van der Waals surface area contributed by atoms with E-state index in [0.717, 1.165) is 5.69 Å². The van der Waals surface area contributed by atoms with Crippen LogP contribution in [0.25, 0.3) is 0 Å². The summed E-state index contributed by atoms with van der Waals surface area (Å²) in [6.45, 7) is 4.34. The molecule has 0 saturated heterocycles. The summed E-state index contributed by atoms with van der Waals surface area (Å²) >= 11 is 5.96. The quantitative estimate of drug-likeness (QED) is 0.847. The van der Waals surface area contributed by atoms with Crippen LogP contribution in [0.3, 0.4) is 0 Å². The molecule has 2 N–H and O–H groups in total. The van der Waals surface area contributed by atoms with Gasteiger partial charge in [0.2, 0.25) is 0 Å². The fraction of sp³-hybridized carbons (Fsp3) is 0.462. The molecule has 0 aliphatic carbocycles. The van der Waals surface area contributed by atoms with E-state index in [0.29, 0.717) is 22.9 Å². The van der Waals surface area contributed by atoms with E-state index in [4.69, 9.17) is 22.0 Å². The standard InChI is InChI=1S/C13H17ClN2O/c1-9(2)13(5-6-17)16-11-4-3-10(8-15)12(14)7-11/h3-4,7,9,13,16-17H,5-6H2,1-2H3. The number of hydrogen-bond donors (Lipinski definition) is 2. The van der Waals surface area contributed by atoms with Crippen molar-refractivity contribution in [2.24, 2.45) is 5.92 Å². The minimum absolute atomic E-state index is 0.153. The summed E-state index contributed by atoms with van der Waals surface area (Å²) in [5.74, 6) is 0.413. The van der Waals surface area contributed by atoms with Crippen LogP contribution < -0.4 is 5.32 Å². The van der Waals surface area contributed by atoms with Crippen LogP contribution in [0, 0.1) is 17.2 Å². The van der Waals surface area contributed by atoms with Gasteiger partial charge in [0.25, 0.3) is 0 Å². The monoisotopic (exact) mass is 252 g/mol. The lowest BCUT2D eigenvalue weighted by Gasteiger charge is -2.22. The van der Waals surface area contributed by atoms with E-state index >= 15 is 0 Å². The predicted molar refractivity (Wildman–Crippen MR) is 70.1 cm³/mol. The molecule has 1 aromatic rings. The third kappa shape index (κ3) is 3.92. The first-order valence-corrected chi connectivity index (χ1v) is 6.03. The highest BCUT2D eigenvalue weighted by atomic mass is 35.5. The number of hydrogen-bond acceptors (Lipinski definition) is 3. The van der Waals surface area contributed by atoms with Gasteiger partial charge in [-0.3, -0.25) is 0 Å². The van der Waals surface area contributed by atoms with Gasteiger partial charge in [0.05, 0.1) is 10.6 Å². The molecule has 0 heterocycles. The number of halogens is 1. The molecule has 0 amide bonds. The Balaban J connectivity index is 2.80. The van der Waals surface area contributed by atoms with E-state index < -0.39 is 0 Å². The minimum Gasteiger partial charge on any atom is -0.396 e. The first-order chi connectivity index (χ1) is 8.08. The van der Waals surface area contributed by atoms with Crippen LogP contribution in [0.15, 0.2) is 18.2 Å². The first-order valence-electron chi connectivity index (χ1n) is 5.65. The lowest BCUT2D eigenvalue weighted by Crippen LogP contribution is -2.26. The Hall–Kier alpha value is -1.24. The Labute approximate surface area is 107 Å². The second kappa shape index (κ2) is 6.48. The van der Waals surface area contributed by atoms with Crippen molar-refractivity contribution >= 4 is 17.3 Å². The molecule has 0 fully saturated rings. The second-order valence-electron chi connectivity index (χ2n) is 4.31. The lowest BCUT2D eigenvalue weighted by atomic mass is 10.0. The number of aliphatic hydroxyl groups excluding tert-OH is 1. The normalized spacial score (nSPS) is 12.2. The number of nitriles is 1. The molecule has 1 atom stereocenters. The maximum atomic E-state index is 8.99. The summed E-state index contributed by atoms with van der Waals surface area (Å²) in [6.07, 6.45) is 0.690. The molecule has 0 aromatic heterocycles. The van der Waals surface area contributed by atoms with Crippen molar-refractivity contribution in [1.82, 2.24) is 0 Å². The topological polar surface area (TPSA) is 56.0 Å². The number of rotatable bonds is 5. The van der Waals surface area contributed by atoms with Crippen LogP contribution in [0.5, 0.6) is 0 Å². The molecule has 17 heavy (non-hydrogen) atoms. The molecule has 1 aromatic carbocycles. The van der Waals surface area contributed by atoms with E-state index in [1.807, 2.05) is 12.1 Å². The van der Waals surface area contributed by atoms with Crippen molar-refractivity contribution in [3.05, 3.63) is 28.8 Å². The van der Waals surface area contributed by atoms with Crippen molar-refractivity contribution in [2.45, 2.75) is 26.3 Å². The van der Waals surface area contributed by atoms with E-state index in [9.17, 15) is 0 Å². The van der Waals surface area contributed by atoms with Gasteiger partial charge in [-0.2, -0.15) is 5.26 Å². The van der Waals surface area contributed by atoms with E-state index in [-0.39, 0.29) is 12.6 Å². The summed E-state index contributed by atoms with van der Waals surface area (Å²) in [4.78, 5) is 0. The van der Waals surface area contributed by atoms with Crippen LogP contribution in [-0.4, -0.2) is 17.8 Å². The molecule has 0 radical (unpaired) electrons. The van der Waals surface area contributed by atoms with Crippen molar-refractivity contribution in [1.29, 1.82) is 5.26 Å². The molecular formula is C13H17ClN2O. The molecule has 1 unspecified atom stereocenters. The zero-order valence-corrected chi connectivity index (χ0v) is 10.8. The van der Waals surface area contributed by atoms with E-state index in [2.05, 4.69) is 19.2 Å². The average Bonchev–Trinajstić information content (AvgIpc) is 2.28. The molecule has 92 valence electrons. The molecule has 0 spiro atoms. The average molecular weight is 253 g/mol. The molecule has 3 nitrogen and oxygen atoms in total. The van der Waals surface area contributed by atoms with Gasteiger partial charge in [0.1, 0.15) is 6.07 Å². The van der Waals surface area contributed by atoms with E-state index in [1.54, 1.807) is 12.1 Å². The minimum atomic E-state index is 0.153. The van der Waals surface area contributed by atoms with Gasteiger partial charge >= 0.3 is 0 Å². The van der Waals surface area contributed by atoms with Crippen molar-refractivity contribution < 1.29 is 5.11 Å². The zero-order valence-electron chi connectivity index (χ0n) is 10.1. The summed E-state index contributed by atoms with van der Waals surface area (Å²) in [7, 11) is 0. The first kappa shape index (κ1) is 13.8. The highest BCUT2D eigenvalue weighted by molar-refractivity contribution is 6.32.